The average Bonchev–Trinajstić information content (AvgIpc) is 3.16. The Hall–Kier alpha value is -4.04. The number of imide groups is 1. The molecule has 39 heavy (non-hydrogen) atoms. The van der Waals surface area contributed by atoms with E-state index < -0.39 is 39.6 Å². The number of hydrogen-bond donors (Lipinski definition) is 1. The molecule has 0 spiro atoms. The SMILES string of the molecule is CC/N=c1/cc2oc3cc4c(cc3nc-2cc1C)OCCN4CCCC(=O)ON1C(=O)CC(S(=O)(=O)O)C1=O. The number of ether oxygens (including phenoxy) is 1. The molecular formula is C25H26N4O9S. The molecule has 1 aromatic rings. The van der Waals surface area contributed by atoms with Crippen LogP contribution >= 0.6 is 0 Å². The molecular weight excluding hydrogens is 532 g/mol. The molecule has 13 nitrogen and oxygen atoms in total. The van der Waals surface area contributed by atoms with Crippen molar-refractivity contribution >= 4 is 44.7 Å². The summed E-state index contributed by atoms with van der Waals surface area (Å²) in [6.45, 7) is 5.97. The molecule has 0 aromatic heterocycles. The molecule has 0 bridgehead atoms. The van der Waals surface area contributed by atoms with Crippen molar-refractivity contribution in [3.05, 3.63) is 35.2 Å². The number of rotatable bonds is 7. The third-order valence-corrected chi connectivity index (χ3v) is 7.58. The largest absolute Gasteiger partial charge is 0.489 e. The summed E-state index contributed by atoms with van der Waals surface area (Å²) in [7, 11) is -4.79. The van der Waals surface area contributed by atoms with Crippen LogP contribution in [0.25, 0.3) is 22.6 Å². The van der Waals surface area contributed by atoms with Gasteiger partial charge in [-0.15, -0.1) is 5.06 Å². The lowest BCUT2D eigenvalue weighted by Gasteiger charge is -2.31. The van der Waals surface area contributed by atoms with Gasteiger partial charge >= 0.3 is 5.97 Å². The number of hydrogen-bond acceptors (Lipinski definition) is 11. The number of aromatic nitrogens is 1. The second-order valence-electron chi connectivity index (χ2n) is 9.22. The normalized spacial score (nSPS) is 18.1. The zero-order chi connectivity index (χ0) is 27.9. The minimum atomic E-state index is -4.79. The van der Waals surface area contributed by atoms with Crippen LogP contribution in [0, 0.1) is 6.92 Å². The van der Waals surface area contributed by atoms with Crippen LogP contribution in [0.2, 0.25) is 0 Å². The molecule has 14 heteroatoms. The van der Waals surface area contributed by atoms with Gasteiger partial charge in [0.1, 0.15) is 23.6 Å². The zero-order valence-corrected chi connectivity index (χ0v) is 22.1. The van der Waals surface area contributed by atoms with E-state index in [0.717, 1.165) is 16.6 Å². The summed E-state index contributed by atoms with van der Waals surface area (Å²) in [6, 6.07) is 7.45. The first-order valence-electron chi connectivity index (χ1n) is 12.4. The number of carbonyl (C=O) groups is 3. The lowest BCUT2D eigenvalue weighted by atomic mass is 10.1. The molecule has 1 unspecified atom stereocenters. The van der Waals surface area contributed by atoms with E-state index in [-0.39, 0.29) is 11.5 Å². The Labute approximate surface area is 223 Å². The van der Waals surface area contributed by atoms with Crippen molar-refractivity contribution in [3.8, 4) is 17.2 Å². The smallest absolute Gasteiger partial charge is 0.333 e. The monoisotopic (exact) mass is 558 g/mol. The molecule has 1 saturated heterocycles. The second kappa shape index (κ2) is 10.3. The number of fused-ring (bicyclic) bond motifs is 3. The van der Waals surface area contributed by atoms with Crippen molar-refractivity contribution in [1.82, 2.24) is 10.0 Å². The molecule has 3 heterocycles. The molecule has 4 aliphatic rings. The van der Waals surface area contributed by atoms with E-state index in [1.807, 2.05) is 43.0 Å². The molecule has 3 aliphatic heterocycles. The van der Waals surface area contributed by atoms with Crippen LogP contribution in [0.5, 0.6) is 5.75 Å². The Morgan fingerprint density at radius 3 is 2.77 bits per heavy atom. The predicted molar refractivity (Wildman–Crippen MR) is 136 cm³/mol. The van der Waals surface area contributed by atoms with Crippen molar-refractivity contribution < 1.29 is 41.3 Å². The van der Waals surface area contributed by atoms with Gasteiger partial charge in [0.05, 0.1) is 24.0 Å². The van der Waals surface area contributed by atoms with Gasteiger partial charge in [-0.2, -0.15) is 8.42 Å². The number of nitrogens with zero attached hydrogens (tertiary/aromatic N) is 4. The van der Waals surface area contributed by atoms with Crippen molar-refractivity contribution in [2.45, 2.75) is 38.4 Å². The fraction of sp³-hybridized carbons (Fsp3) is 0.400. The van der Waals surface area contributed by atoms with E-state index in [1.54, 1.807) is 0 Å². The van der Waals surface area contributed by atoms with Crippen molar-refractivity contribution in [2.75, 3.05) is 31.1 Å². The van der Waals surface area contributed by atoms with Crippen LogP contribution in [0.1, 0.15) is 31.7 Å². The summed E-state index contributed by atoms with van der Waals surface area (Å²) in [5.41, 5.74) is 3.66. The van der Waals surface area contributed by atoms with Crippen molar-refractivity contribution in [3.63, 3.8) is 0 Å². The quantitative estimate of drug-likeness (QED) is 0.254. The third-order valence-electron chi connectivity index (χ3n) is 6.49. The molecule has 1 aromatic carbocycles. The summed E-state index contributed by atoms with van der Waals surface area (Å²) in [6.07, 6.45) is -0.622. The van der Waals surface area contributed by atoms with Gasteiger partial charge in [0, 0.05) is 37.7 Å². The molecule has 5 rings (SSSR count). The number of amides is 2. The molecule has 0 saturated carbocycles. The van der Waals surface area contributed by atoms with Gasteiger partial charge in [-0.05, 0) is 31.9 Å². The highest BCUT2D eigenvalue weighted by molar-refractivity contribution is 7.87. The van der Waals surface area contributed by atoms with Gasteiger partial charge in [0.25, 0.3) is 21.9 Å². The minimum Gasteiger partial charge on any atom is -0.489 e. The minimum absolute atomic E-state index is 0.108. The molecule has 1 N–H and O–H groups in total. The van der Waals surface area contributed by atoms with E-state index >= 15 is 0 Å². The maximum absolute atomic E-state index is 12.3. The molecule has 1 fully saturated rings. The van der Waals surface area contributed by atoms with Crippen LogP contribution in [-0.4, -0.2) is 72.3 Å². The number of carbonyl (C=O) groups excluding carboxylic acids is 3. The van der Waals surface area contributed by atoms with Crippen molar-refractivity contribution in [2.24, 2.45) is 4.99 Å². The van der Waals surface area contributed by atoms with Gasteiger partial charge < -0.3 is 18.9 Å². The number of aryl methyl sites for hydroxylation is 1. The van der Waals surface area contributed by atoms with E-state index in [0.29, 0.717) is 61.0 Å². The highest BCUT2D eigenvalue weighted by atomic mass is 32.2. The predicted octanol–water partition coefficient (Wildman–Crippen LogP) is 1.61. The Kier molecular flexibility index (Phi) is 6.99. The van der Waals surface area contributed by atoms with Gasteiger partial charge in [0.15, 0.2) is 16.6 Å². The van der Waals surface area contributed by atoms with E-state index in [2.05, 4.69) is 4.99 Å². The summed E-state index contributed by atoms with van der Waals surface area (Å²) < 4.78 is 43.6. The summed E-state index contributed by atoms with van der Waals surface area (Å²) >= 11 is 0. The summed E-state index contributed by atoms with van der Waals surface area (Å²) in [5, 5.41) is -1.02. The number of anilines is 1. The fourth-order valence-corrected chi connectivity index (χ4v) is 5.29. The Morgan fingerprint density at radius 2 is 2.05 bits per heavy atom. The zero-order valence-electron chi connectivity index (χ0n) is 21.2. The lowest BCUT2D eigenvalue weighted by Crippen LogP contribution is -2.37. The average molecular weight is 559 g/mol. The lowest BCUT2D eigenvalue weighted by molar-refractivity contribution is -0.197. The third kappa shape index (κ3) is 5.29. The van der Waals surface area contributed by atoms with Crippen LogP contribution in [0.4, 0.5) is 5.69 Å². The first-order valence-corrected chi connectivity index (χ1v) is 13.9. The van der Waals surface area contributed by atoms with Crippen LogP contribution in [0.3, 0.4) is 0 Å². The molecule has 1 aliphatic carbocycles. The van der Waals surface area contributed by atoms with Gasteiger partial charge in [-0.3, -0.25) is 19.1 Å². The highest BCUT2D eigenvalue weighted by Crippen LogP contribution is 2.37. The van der Waals surface area contributed by atoms with Gasteiger partial charge in [-0.1, -0.05) is 0 Å². The van der Waals surface area contributed by atoms with Crippen LogP contribution in [0.15, 0.2) is 33.7 Å². The van der Waals surface area contributed by atoms with Crippen molar-refractivity contribution in [1.29, 1.82) is 0 Å². The van der Waals surface area contributed by atoms with Gasteiger partial charge in [0.2, 0.25) is 0 Å². The summed E-state index contributed by atoms with van der Waals surface area (Å²) in [5.74, 6) is -1.96. The first-order chi connectivity index (χ1) is 18.5. The van der Waals surface area contributed by atoms with E-state index in [4.69, 9.17) is 23.5 Å². The van der Waals surface area contributed by atoms with Crippen LogP contribution < -0.4 is 15.0 Å². The van der Waals surface area contributed by atoms with E-state index in [1.165, 1.54) is 0 Å². The van der Waals surface area contributed by atoms with Crippen LogP contribution in [-0.2, 0) is 29.3 Å². The molecule has 0 radical (unpaired) electrons. The molecule has 2 amide bonds. The fourth-order valence-electron chi connectivity index (χ4n) is 4.58. The topological polar surface area (TPSA) is 169 Å². The standard InChI is InChI=1S/C25H26N4O9S/c1-3-26-15-10-19-16(9-14(15)2)27-17-11-21-18(12-20(17)37-19)28(7-8-36-21)6-4-5-24(31)38-29-23(30)13-22(25(29)32)39(33,34)35/h9-12,22H,3-8,13H2,1-2H3,(H,33,34,35)/b26-15-. The highest BCUT2D eigenvalue weighted by Gasteiger charge is 2.48. The number of benzene rings is 2. The molecule has 206 valence electrons. The van der Waals surface area contributed by atoms with Gasteiger partial charge in [-0.25, -0.2) is 9.78 Å². The summed E-state index contributed by atoms with van der Waals surface area (Å²) in [4.78, 5) is 52.3. The molecule has 1 atom stereocenters. The second-order valence-corrected chi connectivity index (χ2v) is 10.8. The Balaban J connectivity index is 1.29. The number of hydroxylamine groups is 2. The maximum atomic E-state index is 12.3. The Bertz CT molecular complexity index is 1630. The maximum Gasteiger partial charge on any atom is 0.333 e. The Morgan fingerprint density at radius 1 is 1.26 bits per heavy atom. The first kappa shape index (κ1) is 26.6. The van der Waals surface area contributed by atoms with E-state index in [9.17, 15) is 22.8 Å².